The van der Waals surface area contributed by atoms with Gasteiger partial charge < -0.3 is 15.4 Å². The summed E-state index contributed by atoms with van der Waals surface area (Å²) in [6.45, 7) is 8.43. The van der Waals surface area contributed by atoms with Gasteiger partial charge >= 0.3 is 6.09 Å². The Morgan fingerprint density at radius 3 is 2.64 bits per heavy atom. The number of halogens is 1. The fourth-order valence-electron chi connectivity index (χ4n) is 1.62. The van der Waals surface area contributed by atoms with E-state index >= 15 is 0 Å². The van der Waals surface area contributed by atoms with Crippen LogP contribution in [0.15, 0.2) is 30.5 Å². The normalized spacial score (nSPS) is 13.1. The van der Waals surface area contributed by atoms with E-state index < -0.39 is 11.7 Å². The highest BCUT2D eigenvalue weighted by molar-refractivity contribution is 5.67. The molecule has 1 atom stereocenters. The molecule has 2 N–H and O–H groups in total. The van der Waals surface area contributed by atoms with Gasteiger partial charge in [-0.05, 0) is 39.8 Å². The Morgan fingerprint density at radius 2 is 2.05 bits per heavy atom. The third-order valence-electron chi connectivity index (χ3n) is 2.67. The average Bonchev–Trinajstić information content (AvgIpc) is 2.41. The summed E-state index contributed by atoms with van der Waals surface area (Å²) in [5.41, 5.74) is 0.286. The minimum atomic E-state index is -0.493. The van der Waals surface area contributed by atoms with Gasteiger partial charge in [0, 0.05) is 19.1 Å². The molecular formula is C16H24FN3O2. The highest BCUT2D eigenvalue weighted by Gasteiger charge is 2.14. The Labute approximate surface area is 131 Å². The number of aromatic nitrogens is 1. The number of ether oxygens (including phenoxy) is 1. The predicted octanol–water partition coefficient (Wildman–Crippen LogP) is 2.95. The molecule has 6 heteroatoms. The minimum absolute atomic E-state index is 0.0177. The van der Waals surface area contributed by atoms with Crippen LogP contribution in [0.2, 0.25) is 0 Å². The van der Waals surface area contributed by atoms with Gasteiger partial charge in [0.05, 0.1) is 11.9 Å². The first kappa shape index (κ1) is 18.1. The zero-order valence-corrected chi connectivity index (χ0v) is 13.5. The van der Waals surface area contributed by atoms with Crippen LogP contribution in [-0.2, 0) is 4.74 Å². The Bertz CT molecular complexity index is 495. The summed E-state index contributed by atoms with van der Waals surface area (Å²) < 4.78 is 17.9. The number of amides is 1. The lowest BCUT2D eigenvalue weighted by atomic mass is 10.2. The van der Waals surface area contributed by atoms with Crippen molar-refractivity contribution in [2.45, 2.75) is 39.3 Å². The lowest BCUT2D eigenvalue weighted by molar-refractivity contribution is 0.0534. The topological polar surface area (TPSA) is 63.2 Å². The molecule has 0 radical (unpaired) electrons. The first-order valence-electron chi connectivity index (χ1n) is 7.24. The van der Waals surface area contributed by atoms with Crippen molar-refractivity contribution in [3.8, 4) is 0 Å². The maximum atomic E-state index is 12.8. The molecule has 122 valence electrons. The molecule has 0 saturated heterocycles. The zero-order valence-electron chi connectivity index (χ0n) is 13.5. The molecule has 0 aliphatic heterocycles. The van der Waals surface area contributed by atoms with E-state index in [9.17, 15) is 9.18 Å². The van der Waals surface area contributed by atoms with Gasteiger partial charge in [0.1, 0.15) is 11.4 Å². The summed E-state index contributed by atoms with van der Waals surface area (Å²) in [5.74, 6) is -0.343. The van der Waals surface area contributed by atoms with Crippen molar-refractivity contribution in [3.63, 3.8) is 0 Å². The average molecular weight is 309 g/mol. The van der Waals surface area contributed by atoms with E-state index in [4.69, 9.17) is 4.74 Å². The summed E-state index contributed by atoms with van der Waals surface area (Å²) in [6, 6.07) is 3.06. The monoisotopic (exact) mass is 309 g/mol. The molecule has 22 heavy (non-hydrogen) atoms. The van der Waals surface area contributed by atoms with E-state index in [0.717, 1.165) is 5.69 Å². The van der Waals surface area contributed by atoms with Gasteiger partial charge in [0.15, 0.2) is 0 Å². The lowest BCUT2D eigenvalue weighted by Gasteiger charge is -2.19. The van der Waals surface area contributed by atoms with Gasteiger partial charge in [-0.25, -0.2) is 9.18 Å². The Morgan fingerprint density at radius 1 is 1.36 bits per heavy atom. The summed E-state index contributed by atoms with van der Waals surface area (Å²) >= 11 is 0. The van der Waals surface area contributed by atoms with Crippen LogP contribution in [0.3, 0.4) is 0 Å². The Hall–Kier alpha value is -1.95. The van der Waals surface area contributed by atoms with Crippen molar-refractivity contribution in [1.82, 2.24) is 15.6 Å². The smallest absolute Gasteiger partial charge is 0.407 e. The first-order valence-corrected chi connectivity index (χ1v) is 7.24. The van der Waals surface area contributed by atoms with Crippen molar-refractivity contribution in [2.75, 3.05) is 13.1 Å². The number of nitrogens with zero attached hydrogens (tertiary/aromatic N) is 1. The van der Waals surface area contributed by atoms with Gasteiger partial charge in [-0.2, -0.15) is 0 Å². The van der Waals surface area contributed by atoms with E-state index in [-0.39, 0.29) is 11.9 Å². The number of hydrogen-bond acceptors (Lipinski definition) is 4. The molecule has 1 rings (SSSR count). The van der Waals surface area contributed by atoms with Gasteiger partial charge in [-0.1, -0.05) is 12.2 Å². The van der Waals surface area contributed by atoms with Crippen LogP contribution in [0.25, 0.3) is 0 Å². The standard InChI is InChI=1S/C16H24FN3O2/c1-12(14-8-7-13(17)11-20-14)18-9-5-6-10-19-15(21)22-16(2,3)4/h5-8,11-12,18H,9-10H2,1-4H3,(H,19,21)/b6-5+. The molecule has 0 fully saturated rings. The number of carbonyl (C=O) groups is 1. The summed E-state index contributed by atoms with van der Waals surface area (Å²) in [5, 5.41) is 5.86. The van der Waals surface area contributed by atoms with E-state index in [2.05, 4.69) is 15.6 Å². The fraction of sp³-hybridized carbons (Fsp3) is 0.500. The van der Waals surface area contributed by atoms with Crippen LogP contribution in [0.1, 0.15) is 39.4 Å². The molecule has 1 amide bonds. The van der Waals surface area contributed by atoms with Crippen molar-refractivity contribution in [2.24, 2.45) is 0 Å². The van der Waals surface area contributed by atoms with E-state index in [0.29, 0.717) is 13.1 Å². The van der Waals surface area contributed by atoms with Gasteiger partial charge in [-0.15, -0.1) is 0 Å². The second-order valence-electron chi connectivity index (χ2n) is 5.89. The van der Waals surface area contributed by atoms with Crippen LogP contribution in [0.4, 0.5) is 9.18 Å². The van der Waals surface area contributed by atoms with Gasteiger partial charge in [-0.3, -0.25) is 4.98 Å². The molecule has 0 saturated carbocycles. The zero-order chi connectivity index (χ0) is 16.6. The van der Waals surface area contributed by atoms with Crippen LogP contribution in [0.5, 0.6) is 0 Å². The number of pyridine rings is 1. The van der Waals surface area contributed by atoms with Crippen LogP contribution < -0.4 is 10.6 Å². The molecule has 0 bridgehead atoms. The number of nitrogens with one attached hydrogen (secondary N) is 2. The molecule has 1 aromatic heterocycles. The highest BCUT2D eigenvalue weighted by atomic mass is 19.1. The second-order valence-corrected chi connectivity index (χ2v) is 5.89. The van der Waals surface area contributed by atoms with Crippen LogP contribution in [-0.4, -0.2) is 29.8 Å². The number of rotatable bonds is 6. The predicted molar refractivity (Wildman–Crippen MR) is 84.0 cm³/mol. The second kappa shape index (κ2) is 8.48. The summed E-state index contributed by atoms with van der Waals surface area (Å²) in [7, 11) is 0. The Kier molecular flexibility index (Phi) is 6.98. The van der Waals surface area contributed by atoms with Crippen LogP contribution in [0, 0.1) is 5.82 Å². The molecule has 0 aromatic carbocycles. The fourth-order valence-corrected chi connectivity index (χ4v) is 1.62. The molecule has 0 aliphatic carbocycles. The van der Waals surface area contributed by atoms with E-state index in [1.807, 2.05) is 39.8 Å². The van der Waals surface area contributed by atoms with E-state index in [1.54, 1.807) is 6.07 Å². The molecule has 0 spiro atoms. The number of hydrogen-bond donors (Lipinski definition) is 2. The molecular weight excluding hydrogens is 285 g/mol. The van der Waals surface area contributed by atoms with Gasteiger partial charge in [0.2, 0.25) is 0 Å². The largest absolute Gasteiger partial charge is 0.444 e. The third kappa shape index (κ3) is 7.73. The minimum Gasteiger partial charge on any atom is -0.444 e. The Balaban J connectivity index is 2.21. The maximum absolute atomic E-state index is 12.8. The van der Waals surface area contributed by atoms with Crippen molar-refractivity contribution in [1.29, 1.82) is 0 Å². The van der Waals surface area contributed by atoms with E-state index in [1.165, 1.54) is 12.3 Å². The molecule has 1 unspecified atom stereocenters. The molecule has 1 aromatic rings. The van der Waals surface area contributed by atoms with Gasteiger partial charge in [0.25, 0.3) is 0 Å². The first-order chi connectivity index (χ1) is 10.3. The van der Waals surface area contributed by atoms with Crippen molar-refractivity contribution < 1.29 is 13.9 Å². The SMILES string of the molecule is CC(NC/C=C/CNC(=O)OC(C)(C)C)c1ccc(F)cn1. The number of carbonyl (C=O) groups excluding carboxylic acids is 1. The third-order valence-corrected chi connectivity index (χ3v) is 2.67. The van der Waals surface area contributed by atoms with Crippen molar-refractivity contribution in [3.05, 3.63) is 42.0 Å². The molecule has 1 heterocycles. The quantitative estimate of drug-likeness (QED) is 0.793. The summed E-state index contributed by atoms with van der Waals surface area (Å²) in [4.78, 5) is 15.4. The van der Waals surface area contributed by atoms with Crippen molar-refractivity contribution >= 4 is 6.09 Å². The maximum Gasteiger partial charge on any atom is 0.407 e. The summed E-state index contributed by atoms with van der Waals surface area (Å²) in [6.07, 6.45) is 4.50. The molecule has 0 aliphatic rings. The number of alkyl carbamates (subject to hydrolysis) is 1. The molecule has 5 nitrogen and oxygen atoms in total. The highest BCUT2D eigenvalue weighted by Crippen LogP contribution is 2.08. The van der Waals surface area contributed by atoms with Crippen LogP contribution >= 0.6 is 0 Å². The lowest BCUT2D eigenvalue weighted by Crippen LogP contribution is -2.32.